The molecule has 5 heteroatoms. The van der Waals surface area contributed by atoms with E-state index in [-0.39, 0.29) is 5.56 Å². The Morgan fingerprint density at radius 3 is 2.80 bits per heavy atom. The van der Waals surface area contributed by atoms with Gasteiger partial charge in [-0.25, -0.2) is 4.98 Å². The van der Waals surface area contributed by atoms with Crippen LogP contribution in [0.2, 0.25) is 0 Å². The van der Waals surface area contributed by atoms with Crippen molar-refractivity contribution in [2.75, 3.05) is 11.5 Å². The van der Waals surface area contributed by atoms with Gasteiger partial charge in [-0.05, 0) is 19.3 Å². The van der Waals surface area contributed by atoms with Crippen LogP contribution >= 0.6 is 23.5 Å². The number of nitrogens with one attached hydrogen (secondary N) is 1. The molecule has 2 fully saturated rings. The first-order chi connectivity index (χ1) is 9.78. The SMILES string of the molecule is CCC1SCCSC1c1nc(C2CCCC2)cc(=O)[nH]1. The molecule has 3 nitrogen and oxygen atoms in total. The molecule has 1 N–H and O–H groups in total. The minimum atomic E-state index is 0.0305. The van der Waals surface area contributed by atoms with Crippen LogP contribution in [0.5, 0.6) is 0 Å². The molecule has 2 aliphatic rings. The number of H-pyrrole nitrogens is 1. The molecule has 1 saturated carbocycles. The zero-order valence-electron chi connectivity index (χ0n) is 11.9. The molecule has 0 amide bonds. The lowest BCUT2D eigenvalue weighted by Crippen LogP contribution is -2.24. The van der Waals surface area contributed by atoms with Crippen molar-refractivity contribution in [3.8, 4) is 0 Å². The molecule has 1 aromatic rings. The fourth-order valence-corrected chi connectivity index (χ4v) is 6.23. The molecule has 2 heterocycles. The van der Waals surface area contributed by atoms with Gasteiger partial charge in [0.1, 0.15) is 5.82 Å². The molecule has 1 saturated heterocycles. The van der Waals surface area contributed by atoms with Gasteiger partial charge in [0.05, 0.1) is 10.9 Å². The van der Waals surface area contributed by atoms with Gasteiger partial charge in [-0.15, -0.1) is 11.8 Å². The topological polar surface area (TPSA) is 45.8 Å². The van der Waals surface area contributed by atoms with Crippen LogP contribution in [0.15, 0.2) is 10.9 Å². The van der Waals surface area contributed by atoms with Crippen LogP contribution in [0.4, 0.5) is 0 Å². The van der Waals surface area contributed by atoms with E-state index in [4.69, 9.17) is 4.98 Å². The van der Waals surface area contributed by atoms with E-state index >= 15 is 0 Å². The molecule has 0 bridgehead atoms. The van der Waals surface area contributed by atoms with Gasteiger partial charge >= 0.3 is 0 Å². The molecular weight excluding hydrogens is 288 g/mol. The third-order valence-electron chi connectivity index (χ3n) is 4.28. The van der Waals surface area contributed by atoms with E-state index in [1.54, 1.807) is 6.07 Å². The van der Waals surface area contributed by atoms with Crippen LogP contribution in [0, 0.1) is 0 Å². The normalized spacial score (nSPS) is 27.9. The highest BCUT2D eigenvalue weighted by molar-refractivity contribution is 8.06. The first-order valence-corrected chi connectivity index (χ1v) is 9.72. The van der Waals surface area contributed by atoms with Gasteiger partial charge in [0, 0.05) is 28.7 Å². The Bertz CT molecular complexity index is 511. The van der Waals surface area contributed by atoms with E-state index in [0.717, 1.165) is 23.7 Å². The standard InChI is InChI=1S/C15H22N2OS2/c1-2-12-14(20-8-7-19-12)15-16-11(9-13(18)17-15)10-5-3-4-6-10/h9-10,12,14H,2-8H2,1H3,(H,16,17,18). The summed E-state index contributed by atoms with van der Waals surface area (Å²) in [6.45, 7) is 2.23. The molecule has 1 aliphatic carbocycles. The van der Waals surface area contributed by atoms with Crippen LogP contribution in [-0.4, -0.2) is 26.7 Å². The van der Waals surface area contributed by atoms with Crippen LogP contribution in [-0.2, 0) is 0 Å². The molecule has 20 heavy (non-hydrogen) atoms. The third-order valence-corrected chi connectivity index (χ3v) is 7.53. The lowest BCUT2D eigenvalue weighted by Gasteiger charge is -2.29. The Hall–Kier alpha value is -0.420. The summed E-state index contributed by atoms with van der Waals surface area (Å²) in [5, 5.41) is 0.934. The van der Waals surface area contributed by atoms with Crippen LogP contribution < -0.4 is 5.56 Å². The number of hydrogen-bond donors (Lipinski definition) is 1. The Kier molecular flexibility index (Phi) is 4.76. The monoisotopic (exact) mass is 310 g/mol. The third kappa shape index (κ3) is 3.08. The average molecular weight is 310 g/mol. The van der Waals surface area contributed by atoms with Gasteiger partial charge in [-0.1, -0.05) is 19.8 Å². The van der Waals surface area contributed by atoms with Gasteiger partial charge in [-0.2, -0.15) is 11.8 Å². The fraction of sp³-hybridized carbons (Fsp3) is 0.733. The molecule has 2 atom stereocenters. The largest absolute Gasteiger partial charge is 0.310 e. The number of nitrogens with zero attached hydrogens (tertiary/aromatic N) is 1. The summed E-state index contributed by atoms with van der Waals surface area (Å²) in [6, 6.07) is 1.72. The summed E-state index contributed by atoms with van der Waals surface area (Å²) in [7, 11) is 0. The summed E-state index contributed by atoms with van der Waals surface area (Å²) in [5.41, 5.74) is 1.07. The second-order valence-corrected chi connectivity index (χ2v) is 8.24. The van der Waals surface area contributed by atoms with Crippen molar-refractivity contribution in [2.24, 2.45) is 0 Å². The van der Waals surface area contributed by atoms with Gasteiger partial charge in [0.25, 0.3) is 5.56 Å². The number of rotatable bonds is 3. The molecule has 0 aromatic carbocycles. The van der Waals surface area contributed by atoms with E-state index < -0.39 is 0 Å². The minimum absolute atomic E-state index is 0.0305. The Morgan fingerprint density at radius 2 is 2.05 bits per heavy atom. The van der Waals surface area contributed by atoms with Crippen molar-refractivity contribution >= 4 is 23.5 Å². The zero-order chi connectivity index (χ0) is 13.9. The summed E-state index contributed by atoms with van der Waals surface area (Å²) in [5.74, 6) is 3.80. The second kappa shape index (κ2) is 6.56. The highest BCUT2D eigenvalue weighted by atomic mass is 32.2. The summed E-state index contributed by atoms with van der Waals surface area (Å²) in [4.78, 5) is 19.8. The predicted molar refractivity (Wildman–Crippen MR) is 87.8 cm³/mol. The molecule has 1 aliphatic heterocycles. The van der Waals surface area contributed by atoms with Gasteiger partial charge in [0.2, 0.25) is 0 Å². The van der Waals surface area contributed by atoms with Crippen LogP contribution in [0.1, 0.15) is 61.7 Å². The highest BCUT2D eigenvalue weighted by Gasteiger charge is 2.29. The van der Waals surface area contributed by atoms with Gasteiger partial charge in [0.15, 0.2) is 0 Å². The van der Waals surface area contributed by atoms with Crippen molar-refractivity contribution in [3.05, 3.63) is 27.9 Å². The summed E-state index contributed by atoms with van der Waals surface area (Å²) >= 11 is 3.98. The second-order valence-electron chi connectivity index (χ2n) is 5.65. The molecule has 1 aromatic heterocycles. The molecule has 110 valence electrons. The maximum Gasteiger partial charge on any atom is 0.251 e. The summed E-state index contributed by atoms with van der Waals surface area (Å²) < 4.78 is 0. The number of hydrogen-bond acceptors (Lipinski definition) is 4. The van der Waals surface area contributed by atoms with Crippen LogP contribution in [0.25, 0.3) is 0 Å². The first kappa shape index (κ1) is 14.5. The van der Waals surface area contributed by atoms with E-state index in [1.165, 1.54) is 31.4 Å². The Labute approximate surface area is 128 Å². The maximum absolute atomic E-state index is 12.0. The van der Waals surface area contributed by atoms with E-state index in [2.05, 4.69) is 11.9 Å². The lowest BCUT2D eigenvalue weighted by molar-refractivity contribution is 0.667. The smallest absolute Gasteiger partial charge is 0.251 e. The molecule has 3 rings (SSSR count). The molecule has 2 unspecified atom stereocenters. The first-order valence-electron chi connectivity index (χ1n) is 7.62. The van der Waals surface area contributed by atoms with Crippen molar-refractivity contribution in [3.63, 3.8) is 0 Å². The molecule has 0 spiro atoms. The van der Waals surface area contributed by atoms with Gasteiger partial charge in [-0.3, -0.25) is 4.79 Å². The molecular formula is C15H22N2OS2. The number of aromatic nitrogens is 2. The Morgan fingerprint density at radius 1 is 1.30 bits per heavy atom. The quantitative estimate of drug-likeness (QED) is 0.924. The van der Waals surface area contributed by atoms with Crippen molar-refractivity contribution < 1.29 is 0 Å². The van der Waals surface area contributed by atoms with Crippen molar-refractivity contribution in [1.82, 2.24) is 9.97 Å². The van der Waals surface area contributed by atoms with Crippen molar-refractivity contribution in [1.29, 1.82) is 0 Å². The fourth-order valence-electron chi connectivity index (χ4n) is 3.22. The summed E-state index contributed by atoms with van der Waals surface area (Å²) in [6.07, 6.45) is 6.08. The van der Waals surface area contributed by atoms with Crippen molar-refractivity contribution in [2.45, 2.75) is 55.4 Å². The number of thioether (sulfide) groups is 2. The molecule has 0 radical (unpaired) electrons. The maximum atomic E-state index is 12.0. The minimum Gasteiger partial charge on any atom is -0.310 e. The highest BCUT2D eigenvalue weighted by Crippen LogP contribution is 2.43. The average Bonchev–Trinajstić information content (AvgIpc) is 3.01. The lowest BCUT2D eigenvalue weighted by atomic mass is 10.0. The van der Waals surface area contributed by atoms with E-state index in [9.17, 15) is 4.79 Å². The van der Waals surface area contributed by atoms with E-state index in [0.29, 0.717) is 16.4 Å². The Balaban J connectivity index is 1.90. The zero-order valence-corrected chi connectivity index (χ0v) is 13.6. The predicted octanol–water partition coefficient (Wildman–Crippen LogP) is 3.73. The van der Waals surface area contributed by atoms with Gasteiger partial charge < -0.3 is 4.98 Å². The van der Waals surface area contributed by atoms with E-state index in [1.807, 2.05) is 23.5 Å². The van der Waals surface area contributed by atoms with Crippen LogP contribution in [0.3, 0.4) is 0 Å². The number of aromatic amines is 1.